The van der Waals surface area contributed by atoms with Crippen LogP contribution in [0.4, 0.5) is 11.4 Å². The van der Waals surface area contributed by atoms with Gasteiger partial charge in [0.25, 0.3) is 5.91 Å². The second kappa shape index (κ2) is 4.73. The van der Waals surface area contributed by atoms with E-state index in [-0.39, 0.29) is 5.91 Å². The van der Waals surface area contributed by atoms with Crippen molar-refractivity contribution >= 4 is 40.2 Å². The highest BCUT2D eigenvalue weighted by Gasteiger charge is 2.10. The van der Waals surface area contributed by atoms with Crippen molar-refractivity contribution in [3.63, 3.8) is 0 Å². The van der Waals surface area contributed by atoms with Gasteiger partial charge in [0.05, 0.1) is 16.2 Å². The average molecular weight is 268 g/mol. The van der Waals surface area contributed by atoms with Crippen molar-refractivity contribution in [1.29, 1.82) is 0 Å². The van der Waals surface area contributed by atoms with Crippen molar-refractivity contribution in [3.8, 4) is 0 Å². The third-order valence-corrected chi connectivity index (χ3v) is 3.17. The number of anilines is 2. The highest BCUT2D eigenvalue weighted by Crippen LogP contribution is 2.26. The van der Waals surface area contributed by atoms with Gasteiger partial charge in [0.1, 0.15) is 5.69 Å². The van der Waals surface area contributed by atoms with Crippen molar-refractivity contribution in [1.82, 2.24) is 4.98 Å². The second-order valence-corrected chi connectivity index (χ2v) is 4.64. The number of thiazole rings is 1. The number of hydrogen-bond acceptors (Lipinski definition) is 4. The van der Waals surface area contributed by atoms with Gasteiger partial charge in [0.2, 0.25) is 0 Å². The van der Waals surface area contributed by atoms with Crippen LogP contribution in [0.3, 0.4) is 0 Å². The molecule has 0 atom stereocenters. The molecule has 1 amide bonds. The van der Waals surface area contributed by atoms with E-state index in [1.54, 1.807) is 23.0 Å². The maximum absolute atomic E-state index is 11.8. The zero-order valence-corrected chi connectivity index (χ0v) is 10.6. The van der Waals surface area contributed by atoms with E-state index in [0.29, 0.717) is 22.1 Å². The Morgan fingerprint density at radius 2 is 2.29 bits per heavy atom. The molecule has 0 saturated heterocycles. The fourth-order valence-electron chi connectivity index (χ4n) is 1.35. The Labute approximate surface area is 107 Å². The summed E-state index contributed by atoms with van der Waals surface area (Å²) in [7, 11) is 0. The molecule has 3 N–H and O–H groups in total. The molecule has 0 saturated carbocycles. The number of hydrogen-bond donors (Lipinski definition) is 2. The second-order valence-electron chi connectivity index (χ2n) is 3.52. The monoisotopic (exact) mass is 267 g/mol. The number of halogens is 1. The largest absolute Gasteiger partial charge is 0.398 e. The highest BCUT2D eigenvalue weighted by atomic mass is 35.5. The Hall–Kier alpha value is -1.59. The molecule has 2 rings (SSSR count). The molecule has 1 aromatic heterocycles. The number of nitrogens with zero attached hydrogens (tertiary/aromatic N) is 1. The molecule has 1 heterocycles. The zero-order chi connectivity index (χ0) is 12.4. The lowest BCUT2D eigenvalue weighted by atomic mass is 10.1. The quantitative estimate of drug-likeness (QED) is 0.822. The third kappa shape index (κ3) is 2.57. The van der Waals surface area contributed by atoms with Gasteiger partial charge in [0.15, 0.2) is 0 Å². The number of benzene rings is 1. The summed E-state index contributed by atoms with van der Waals surface area (Å²) in [5.74, 6) is -0.254. The maximum atomic E-state index is 11.8. The topological polar surface area (TPSA) is 68.0 Å². The molecule has 0 radical (unpaired) electrons. The zero-order valence-electron chi connectivity index (χ0n) is 9.03. The lowest BCUT2D eigenvalue weighted by Crippen LogP contribution is -2.13. The fourth-order valence-corrected chi connectivity index (χ4v) is 2.05. The number of nitrogens with one attached hydrogen (secondary N) is 1. The summed E-state index contributed by atoms with van der Waals surface area (Å²) in [6.07, 6.45) is 0. The van der Waals surface area contributed by atoms with Crippen LogP contribution in [0.1, 0.15) is 16.1 Å². The van der Waals surface area contributed by atoms with Crippen molar-refractivity contribution < 1.29 is 4.79 Å². The van der Waals surface area contributed by atoms with Crippen LogP contribution < -0.4 is 11.1 Å². The number of aromatic nitrogens is 1. The van der Waals surface area contributed by atoms with E-state index in [9.17, 15) is 4.79 Å². The predicted molar refractivity (Wildman–Crippen MR) is 70.7 cm³/mol. The van der Waals surface area contributed by atoms with Gasteiger partial charge in [-0.25, -0.2) is 4.98 Å². The van der Waals surface area contributed by atoms with E-state index < -0.39 is 0 Å². The molecular formula is C11H10ClN3OS. The molecule has 0 bridgehead atoms. The Morgan fingerprint density at radius 1 is 1.53 bits per heavy atom. The molecule has 6 heteroatoms. The molecule has 4 nitrogen and oxygen atoms in total. The molecule has 1 aromatic carbocycles. The lowest BCUT2D eigenvalue weighted by molar-refractivity contribution is 0.102. The first-order chi connectivity index (χ1) is 8.08. The summed E-state index contributed by atoms with van der Waals surface area (Å²) in [5, 5.41) is 4.85. The van der Waals surface area contributed by atoms with Gasteiger partial charge in [-0.15, -0.1) is 11.3 Å². The van der Waals surface area contributed by atoms with E-state index in [0.717, 1.165) is 5.56 Å². The number of nitrogen functional groups attached to an aromatic ring is 1. The van der Waals surface area contributed by atoms with Crippen LogP contribution in [-0.4, -0.2) is 10.9 Å². The Morgan fingerprint density at radius 3 is 2.94 bits per heavy atom. The van der Waals surface area contributed by atoms with Gasteiger partial charge in [-0.05, 0) is 24.6 Å². The summed E-state index contributed by atoms with van der Waals surface area (Å²) in [4.78, 5) is 15.7. The molecular weight excluding hydrogens is 258 g/mol. The number of aryl methyl sites for hydroxylation is 1. The summed E-state index contributed by atoms with van der Waals surface area (Å²) in [6, 6.07) is 3.36. The minimum Gasteiger partial charge on any atom is -0.398 e. The molecule has 17 heavy (non-hydrogen) atoms. The van der Waals surface area contributed by atoms with Crippen LogP contribution >= 0.6 is 22.9 Å². The van der Waals surface area contributed by atoms with E-state index >= 15 is 0 Å². The summed E-state index contributed by atoms with van der Waals surface area (Å²) >= 11 is 7.27. The Bertz CT molecular complexity index is 554. The van der Waals surface area contributed by atoms with Crippen LogP contribution in [0, 0.1) is 6.92 Å². The van der Waals surface area contributed by atoms with Crippen LogP contribution in [0.25, 0.3) is 0 Å². The van der Waals surface area contributed by atoms with Crippen LogP contribution in [0.5, 0.6) is 0 Å². The minimum atomic E-state index is -0.254. The van der Waals surface area contributed by atoms with Crippen molar-refractivity contribution in [3.05, 3.63) is 39.3 Å². The van der Waals surface area contributed by atoms with E-state index in [2.05, 4.69) is 10.3 Å². The molecule has 0 unspecified atom stereocenters. The normalized spacial score (nSPS) is 10.2. The van der Waals surface area contributed by atoms with Gasteiger partial charge in [0, 0.05) is 11.1 Å². The number of rotatable bonds is 2. The first kappa shape index (κ1) is 11.9. The first-order valence-electron chi connectivity index (χ1n) is 4.83. The van der Waals surface area contributed by atoms with Gasteiger partial charge in [-0.1, -0.05) is 11.6 Å². The molecule has 0 aliphatic carbocycles. The van der Waals surface area contributed by atoms with E-state index in [4.69, 9.17) is 17.3 Å². The number of amides is 1. The smallest absolute Gasteiger partial charge is 0.275 e. The van der Waals surface area contributed by atoms with Crippen molar-refractivity contribution in [2.75, 3.05) is 11.1 Å². The SMILES string of the molecule is Cc1cc(N)c(Cl)cc1NC(=O)c1cscn1. The van der Waals surface area contributed by atoms with Gasteiger partial charge in [-0.3, -0.25) is 4.79 Å². The lowest BCUT2D eigenvalue weighted by Gasteiger charge is -2.09. The minimum absolute atomic E-state index is 0.254. The predicted octanol–water partition coefficient (Wildman–Crippen LogP) is 2.94. The maximum Gasteiger partial charge on any atom is 0.275 e. The molecule has 0 aliphatic heterocycles. The van der Waals surface area contributed by atoms with Crippen molar-refractivity contribution in [2.24, 2.45) is 0 Å². The van der Waals surface area contributed by atoms with E-state index in [1.807, 2.05) is 6.92 Å². The van der Waals surface area contributed by atoms with Crippen LogP contribution in [0.15, 0.2) is 23.0 Å². The molecule has 88 valence electrons. The summed E-state index contributed by atoms with van der Waals surface area (Å²) in [6.45, 7) is 1.85. The van der Waals surface area contributed by atoms with Crippen LogP contribution in [-0.2, 0) is 0 Å². The van der Waals surface area contributed by atoms with Gasteiger partial charge in [-0.2, -0.15) is 0 Å². The highest BCUT2D eigenvalue weighted by molar-refractivity contribution is 7.07. The van der Waals surface area contributed by atoms with Crippen LogP contribution in [0.2, 0.25) is 5.02 Å². The number of nitrogens with two attached hydrogens (primary N) is 1. The summed E-state index contributed by atoms with van der Waals surface area (Å²) < 4.78 is 0. The Kier molecular flexibility index (Phi) is 3.31. The average Bonchev–Trinajstić information content (AvgIpc) is 2.79. The standard InChI is InChI=1S/C11H10ClN3OS/c1-6-2-8(13)7(12)3-9(6)15-11(16)10-4-17-5-14-10/h2-5H,13H2,1H3,(H,15,16). The molecule has 2 aromatic rings. The Balaban J connectivity index is 2.25. The summed E-state index contributed by atoms with van der Waals surface area (Å²) in [5.41, 5.74) is 9.65. The molecule has 0 fully saturated rings. The van der Waals surface area contributed by atoms with Crippen molar-refractivity contribution in [2.45, 2.75) is 6.92 Å². The first-order valence-corrected chi connectivity index (χ1v) is 6.15. The molecule has 0 spiro atoms. The fraction of sp³-hybridized carbons (Fsp3) is 0.0909. The van der Waals surface area contributed by atoms with Gasteiger partial charge < -0.3 is 11.1 Å². The third-order valence-electron chi connectivity index (χ3n) is 2.26. The molecule has 0 aliphatic rings. The van der Waals surface area contributed by atoms with E-state index in [1.165, 1.54) is 11.3 Å². The number of carbonyl (C=O) groups excluding carboxylic acids is 1. The number of carbonyl (C=O) groups is 1. The van der Waals surface area contributed by atoms with Gasteiger partial charge >= 0.3 is 0 Å².